The largest absolute Gasteiger partial charge is 0.493 e. The van der Waals surface area contributed by atoms with Gasteiger partial charge in [-0.1, -0.05) is 74.4 Å². The van der Waals surface area contributed by atoms with E-state index in [1.54, 1.807) is 0 Å². The zero-order valence-electron chi connectivity index (χ0n) is 23.8. The quantitative estimate of drug-likeness (QED) is 0.383. The Labute approximate surface area is 211 Å². The molecule has 0 saturated heterocycles. The van der Waals surface area contributed by atoms with Gasteiger partial charge in [0, 0.05) is 17.0 Å². The maximum Gasteiger partial charge on any atom is 0.127 e. The molecule has 0 atom stereocenters. The molecule has 0 saturated carbocycles. The van der Waals surface area contributed by atoms with E-state index in [9.17, 15) is 0 Å². The lowest BCUT2D eigenvalue weighted by molar-refractivity contribution is 0.192. The molecule has 3 aliphatic rings. The van der Waals surface area contributed by atoms with Crippen LogP contribution in [-0.2, 0) is 25.7 Å². The lowest BCUT2D eigenvalue weighted by atomic mass is 9.80. The van der Waals surface area contributed by atoms with Crippen molar-refractivity contribution in [1.29, 1.82) is 0 Å². The summed E-state index contributed by atoms with van der Waals surface area (Å²) >= 11 is 0. The predicted molar refractivity (Wildman–Crippen MR) is 151 cm³/mol. The molecule has 2 nitrogen and oxygen atoms in total. The maximum atomic E-state index is 6.35. The first-order chi connectivity index (χ1) is 16.8. The van der Waals surface area contributed by atoms with Crippen molar-refractivity contribution in [2.24, 2.45) is 5.92 Å². The third-order valence-corrected chi connectivity index (χ3v) is 6.29. The molecule has 2 aromatic carbocycles. The standard InChI is InChI=1S/C24H28O2.4C2H6/c1-16-14-25-21-12-10-17-6-2-4-8-19(17)23(21)24-20-9-5-3-7-18(20)11-13-22(24)26-15-16;4*1-2/h10-13,16H,2-9,14-15H2,1H3;4*1-2H3. The van der Waals surface area contributed by atoms with E-state index in [4.69, 9.17) is 9.47 Å². The van der Waals surface area contributed by atoms with Crippen LogP contribution in [0.25, 0.3) is 11.1 Å². The minimum Gasteiger partial charge on any atom is -0.493 e. The van der Waals surface area contributed by atoms with Crippen LogP contribution in [-0.4, -0.2) is 13.2 Å². The number of benzene rings is 2. The molecule has 192 valence electrons. The summed E-state index contributed by atoms with van der Waals surface area (Å²) in [7, 11) is 0. The van der Waals surface area contributed by atoms with Crippen molar-refractivity contribution in [2.75, 3.05) is 13.2 Å². The molecule has 34 heavy (non-hydrogen) atoms. The summed E-state index contributed by atoms with van der Waals surface area (Å²) < 4.78 is 12.7. The van der Waals surface area contributed by atoms with Crippen molar-refractivity contribution in [3.63, 3.8) is 0 Å². The van der Waals surface area contributed by atoms with Gasteiger partial charge in [-0.2, -0.15) is 0 Å². The molecule has 2 aliphatic carbocycles. The first-order valence-electron chi connectivity index (χ1n) is 14.4. The van der Waals surface area contributed by atoms with Gasteiger partial charge in [-0.25, -0.2) is 0 Å². The van der Waals surface area contributed by atoms with Gasteiger partial charge in [0.25, 0.3) is 0 Å². The first-order valence-corrected chi connectivity index (χ1v) is 14.4. The Hall–Kier alpha value is -1.96. The molecule has 0 radical (unpaired) electrons. The van der Waals surface area contributed by atoms with Gasteiger partial charge in [0.2, 0.25) is 0 Å². The zero-order chi connectivity index (χ0) is 25.5. The van der Waals surface area contributed by atoms with Crippen molar-refractivity contribution in [1.82, 2.24) is 0 Å². The minimum absolute atomic E-state index is 0.390. The number of hydrogen-bond acceptors (Lipinski definition) is 2. The molecule has 1 heterocycles. The van der Waals surface area contributed by atoms with Gasteiger partial charge in [0.1, 0.15) is 11.5 Å². The van der Waals surface area contributed by atoms with E-state index in [0.717, 1.165) is 24.7 Å². The molecule has 0 N–H and O–H groups in total. The van der Waals surface area contributed by atoms with Crippen molar-refractivity contribution in [2.45, 2.75) is 114 Å². The van der Waals surface area contributed by atoms with Crippen molar-refractivity contribution < 1.29 is 9.47 Å². The summed E-state index contributed by atoms with van der Waals surface area (Å²) in [5, 5.41) is 0. The fraction of sp³-hybridized carbons (Fsp3) is 0.625. The Kier molecular flexibility index (Phi) is 14.7. The second-order valence-corrected chi connectivity index (χ2v) is 8.29. The highest BCUT2D eigenvalue weighted by atomic mass is 16.5. The van der Waals surface area contributed by atoms with Crippen molar-refractivity contribution >= 4 is 0 Å². The average Bonchev–Trinajstić information content (AvgIpc) is 3.01. The van der Waals surface area contributed by atoms with Crippen LogP contribution in [0.15, 0.2) is 24.3 Å². The highest BCUT2D eigenvalue weighted by Crippen LogP contribution is 2.47. The molecule has 0 bridgehead atoms. The smallest absolute Gasteiger partial charge is 0.127 e. The second-order valence-electron chi connectivity index (χ2n) is 8.29. The second kappa shape index (κ2) is 16.6. The van der Waals surface area contributed by atoms with Crippen LogP contribution in [0.3, 0.4) is 0 Å². The van der Waals surface area contributed by atoms with Crippen LogP contribution in [0.4, 0.5) is 0 Å². The van der Waals surface area contributed by atoms with E-state index in [1.165, 1.54) is 84.7 Å². The summed E-state index contributed by atoms with van der Waals surface area (Å²) in [5.74, 6) is 2.53. The number of fused-ring (bicyclic) bond motifs is 7. The van der Waals surface area contributed by atoms with Gasteiger partial charge < -0.3 is 9.47 Å². The molecule has 0 aromatic heterocycles. The molecule has 0 amide bonds. The Balaban J connectivity index is 0.000000659. The SMILES string of the molecule is CC.CC.CC.CC.CC1COc2ccc3c(c2-c2c(ccc4c2CCCC4)OC1)CCCC3. The predicted octanol–water partition coefficient (Wildman–Crippen LogP) is 9.62. The van der Waals surface area contributed by atoms with Crippen molar-refractivity contribution in [3.05, 3.63) is 46.5 Å². The van der Waals surface area contributed by atoms with Crippen LogP contribution in [0.1, 0.15) is 110 Å². The third-order valence-electron chi connectivity index (χ3n) is 6.29. The van der Waals surface area contributed by atoms with Crippen LogP contribution >= 0.6 is 0 Å². The topological polar surface area (TPSA) is 18.5 Å². The lowest BCUT2D eigenvalue weighted by Crippen LogP contribution is -2.16. The first kappa shape index (κ1) is 30.1. The Morgan fingerprint density at radius 2 is 0.882 bits per heavy atom. The zero-order valence-corrected chi connectivity index (χ0v) is 23.8. The molecule has 0 fully saturated rings. The monoisotopic (exact) mass is 468 g/mol. The molecular formula is C32H52O2. The van der Waals surface area contributed by atoms with Crippen LogP contribution in [0.5, 0.6) is 11.5 Å². The van der Waals surface area contributed by atoms with Gasteiger partial charge in [-0.15, -0.1) is 0 Å². The van der Waals surface area contributed by atoms with Crippen LogP contribution in [0, 0.1) is 5.92 Å². The average molecular weight is 469 g/mol. The molecule has 1 aliphatic heterocycles. The van der Waals surface area contributed by atoms with Gasteiger partial charge in [0.05, 0.1) is 13.2 Å². The number of rotatable bonds is 0. The highest BCUT2D eigenvalue weighted by molar-refractivity contribution is 5.83. The number of ether oxygens (including phenoxy) is 2. The van der Waals surface area contributed by atoms with Gasteiger partial charge in [-0.3, -0.25) is 0 Å². The molecule has 0 unspecified atom stereocenters. The van der Waals surface area contributed by atoms with E-state index in [2.05, 4.69) is 31.2 Å². The maximum absolute atomic E-state index is 6.35. The fourth-order valence-electron chi connectivity index (χ4n) is 4.91. The van der Waals surface area contributed by atoms with Crippen LogP contribution < -0.4 is 9.47 Å². The molecular weight excluding hydrogens is 416 g/mol. The Morgan fingerprint density at radius 1 is 0.529 bits per heavy atom. The minimum atomic E-state index is 0.390. The number of hydrogen-bond donors (Lipinski definition) is 0. The summed E-state index contributed by atoms with van der Waals surface area (Å²) in [6.45, 7) is 19.7. The molecule has 5 rings (SSSR count). The van der Waals surface area contributed by atoms with Gasteiger partial charge >= 0.3 is 0 Å². The van der Waals surface area contributed by atoms with E-state index in [0.29, 0.717) is 5.92 Å². The molecule has 2 heteroatoms. The summed E-state index contributed by atoms with van der Waals surface area (Å²) in [5.41, 5.74) is 8.78. The molecule has 2 aromatic rings. The van der Waals surface area contributed by atoms with E-state index >= 15 is 0 Å². The van der Waals surface area contributed by atoms with E-state index < -0.39 is 0 Å². The van der Waals surface area contributed by atoms with Crippen molar-refractivity contribution in [3.8, 4) is 22.6 Å². The van der Waals surface area contributed by atoms with Crippen LogP contribution in [0.2, 0.25) is 0 Å². The Bertz CT molecular complexity index is 768. The van der Waals surface area contributed by atoms with E-state index in [1.807, 2.05) is 55.4 Å². The third kappa shape index (κ3) is 7.03. The van der Waals surface area contributed by atoms with Gasteiger partial charge in [-0.05, 0) is 85.8 Å². The normalized spacial score (nSPS) is 15.6. The number of aryl methyl sites for hydroxylation is 2. The highest BCUT2D eigenvalue weighted by Gasteiger charge is 2.27. The lowest BCUT2D eigenvalue weighted by Gasteiger charge is -2.27. The Morgan fingerprint density at radius 3 is 1.26 bits per heavy atom. The summed E-state index contributed by atoms with van der Waals surface area (Å²) in [6, 6.07) is 9.07. The molecule has 0 spiro atoms. The summed E-state index contributed by atoms with van der Waals surface area (Å²) in [6.07, 6.45) is 9.91. The van der Waals surface area contributed by atoms with E-state index in [-0.39, 0.29) is 0 Å². The van der Waals surface area contributed by atoms with Gasteiger partial charge in [0.15, 0.2) is 0 Å². The summed E-state index contributed by atoms with van der Waals surface area (Å²) in [4.78, 5) is 0. The fourth-order valence-corrected chi connectivity index (χ4v) is 4.91.